The molecule has 4 rings (SSSR count). The summed E-state index contributed by atoms with van der Waals surface area (Å²) in [6.07, 6.45) is 0.878. The van der Waals surface area contributed by atoms with Crippen LogP contribution in [0, 0.1) is 29.2 Å². The number of carbonyl (C=O) groups is 1. The van der Waals surface area contributed by atoms with E-state index in [4.69, 9.17) is 15.2 Å². The Kier molecular flexibility index (Phi) is 8.12. The van der Waals surface area contributed by atoms with Crippen molar-refractivity contribution in [3.8, 4) is 0 Å². The Morgan fingerprint density at radius 1 is 1.20 bits per heavy atom. The molecule has 0 radical (unpaired) electrons. The molecular weight excluding hydrogens is 505 g/mol. The molecule has 1 amide bonds. The van der Waals surface area contributed by atoms with Gasteiger partial charge in [0.1, 0.15) is 39.8 Å². The van der Waals surface area contributed by atoms with Crippen LogP contribution in [0.4, 0.5) is 17.6 Å². The van der Waals surface area contributed by atoms with Gasteiger partial charge in [-0.25, -0.2) is 22.6 Å². The number of nitrogens with zero attached hydrogens (tertiary/aromatic N) is 2. The minimum Gasteiger partial charge on any atom is -0.382 e. The van der Waals surface area contributed by atoms with E-state index >= 15 is 0 Å². The predicted octanol–water partition coefficient (Wildman–Crippen LogP) is 3.28. The van der Waals surface area contributed by atoms with Gasteiger partial charge in [-0.3, -0.25) is 4.79 Å². The summed E-state index contributed by atoms with van der Waals surface area (Å²) in [7, 11) is 1.50. The molecular formula is C23H24F4N3O3PS. The molecule has 1 spiro atoms. The van der Waals surface area contributed by atoms with Crippen LogP contribution < -0.4 is 11.0 Å². The van der Waals surface area contributed by atoms with E-state index in [0.717, 1.165) is 41.0 Å². The molecule has 35 heavy (non-hydrogen) atoms. The normalized spacial score (nSPS) is 22.1. The smallest absolute Gasteiger partial charge is 0.270 e. The average Bonchev–Trinajstić information content (AvgIpc) is 3.21. The van der Waals surface area contributed by atoms with Crippen LogP contribution in [-0.2, 0) is 19.1 Å². The first-order valence-electron chi connectivity index (χ1n) is 10.9. The van der Waals surface area contributed by atoms with Crippen molar-refractivity contribution in [2.24, 2.45) is 16.8 Å². The van der Waals surface area contributed by atoms with Crippen LogP contribution in [-0.4, -0.2) is 55.6 Å². The number of ether oxygens (including phenoxy) is 2. The average molecular weight is 529 g/mol. The summed E-state index contributed by atoms with van der Waals surface area (Å²) < 4.78 is 68.4. The van der Waals surface area contributed by atoms with Crippen molar-refractivity contribution in [3.63, 3.8) is 0 Å². The van der Waals surface area contributed by atoms with Crippen molar-refractivity contribution in [2.45, 2.75) is 11.3 Å². The largest absolute Gasteiger partial charge is 0.382 e. The van der Waals surface area contributed by atoms with Gasteiger partial charge in [-0.05, 0) is 43.4 Å². The first-order chi connectivity index (χ1) is 16.8. The number of methoxy groups -OCH3 is 1. The minimum atomic E-state index is -1.40. The van der Waals surface area contributed by atoms with Crippen molar-refractivity contribution in [1.82, 2.24) is 5.01 Å². The van der Waals surface area contributed by atoms with Crippen LogP contribution in [0.15, 0.2) is 35.4 Å². The van der Waals surface area contributed by atoms with E-state index in [-0.39, 0.29) is 55.7 Å². The summed E-state index contributed by atoms with van der Waals surface area (Å²) in [5.41, 5.74) is 5.96. The Hall–Kier alpha value is -2.04. The van der Waals surface area contributed by atoms with E-state index < -0.39 is 40.7 Å². The summed E-state index contributed by atoms with van der Waals surface area (Å²) in [5, 5.41) is 5.81. The van der Waals surface area contributed by atoms with Crippen LogP contribution in [0.3, 0.4) is 0 Å². The van der Waals surface area contributed by atoms with E-state index in [1.807, 2.05) is 0 Å². The highest BCUT2D eigenvalue weighted by molar-refractivity contribution is 8.15. The first kappa shape index (κ1) is 26.0. The number of carbonyl (C=O) groups excluding carboxylic acids is 1. The number of fused-ring (bicyclic) bond motifs is 2. The number of benzene rings is 2. The number of hydrogen-bond donors (Lipinski definition) is 1. The molecule has 6 nitrogen and oxygen atoms in total. The van der Waals surface area contributed by atoms with Crippen LogP contribution in [0.5, 0.6) is 0 Å². The number of nitrogens with two attached hydrogens (primary N) is 1. The number of hydrazone groups is 1. The lowest BCUT2D eigenvalue weighted by Gasteiger charge is -2.45. The minimum absolute atomic E-state index is 0.0158. The molecule has 0 aliphatic carbocycles. The maximum Gasteiger partial charge on any atom is 0.270 e. The zero-order chi connectivity index (χ0) is 25.2. The van der Waals surface area contributed by atoms with E-state index in [1.165, 1.54) is 13.2 Å². The monoisotopic (exact) mass is 529 g/mol. The van der Waals surface area contributed by atoms with E-state index in [1.54, 1.807) is 0 Å². The van der Waals surface area contributed by atoms with Crippen molar-refractivity contribution in [2.75, 3.05) is 39.6 Å². The van der Waals surface area contributed by atoms with Gasteiger partial charge in [-0.1, -0.05) is 20.3 Å². The summed E-state index contributed by atoms with van der Waals surface area (Å²) in [5.74, 6) is -3.91. The number of thioether (sulfide) groups is 1. The number of halogens is 4. The van der Waals surface area contributed by atoms with Crippen molar-refractivity contribution < 1.29 is 31.8 Å². The second-order valence-corrected chi connectivity index (χ2v) is 10.5. The van der Waals surface area contributed by atoms with Crippen LogP contribution in [0.1, 0.15) is 17.5 Å². The van der Waals surface area contributed by atoms with Crippen molar-refractivity contribution in [1.29, 1.82) is 0 Å². The number of rotatable bonds is 8. The molecule has 2 aromatic carbocycles. The standard InChI is InChI=1S/C23H24F4N3O3PS/c1-32-6-7-33-11-20(31)30-23(35-22(29-30)16-8-14(24)2-3-18(16)26)13(4-5-28)12-34-21-17(23)9-15(25)10-19(21)27/h2-3,8-10,13,34H,4-7,11-12,28H2,1H3/t13-,23?/m0/s1. The summed E-state index contributed by atoms with van der Waals surface area (Å²) in [6, 6.07) is 4.91. The highest BCUT2D eigenvalue weighted by atomic mass is 32.2. The summed E-state index contributed by atoms with van der Waals surface area (Å²) in [4.78, 5) is 12.0. The van der Waals surface area contributed by atoms with Gasteiger partial charge in [0.25, 0.3) is 5.91 Å². The third kappa shape index (κ3) is 4.97. The molecule has 2 aliphatic heterocycles. The molecule has 12 heteroatoms. The fraction of sp³-hybridized carbons (Fsp3) is 0.391. The summed E-state index contributed by atoms with van der Waals surface area (Å²) in [6.45, 7) is 0.255. The van der Waals surface area contributed by atoms with Crippen molar-refractivity contribution in [3.05, 3.63) is 64.7 Å². The van der Waals surface area contributed by atoms with Crippen LogP contribution in [0.2, 0.25) is 0 Å². The van der Waals surface area contributed by atoms with Gasteiger partial charge in [-0.2, -0.15) is 5.10 Å². The number of amides is 1. The maximum absolute atomic E-state index is 14.9. The molecule has 2 N–H and O–H groups in total. The quantitative estimate of drug-likeness (QED) is 0.323. The molecule has 2 unspecified atom stereocenters. The molecule has 0 saturated carbocycles. The molecule has 2 aliphatic rings. The molecule has 0 bridgehead atoms. The molecule has 2 aromatic rings. The second kappa shape index (κ2) is 10.9. The van der Waals surface area contributed by atoms with Gasteiger partial charge < -0.3 is 15.2 Å². The zero-order valence-electron chi connectivity index (χ0n) is 18.8. The van der Waals surface area contributed by atoms with Gasteiger partial charge >= 0.3 is 0 Å². The van der Waals surface area contributed by atoms with E-state index in [2.05, 4.69) is 5.10 Å². The van der Waals surface area contributed by atoms with Crippen molar-refractivity contribution >= 4 is 36.6 Å². The Labute approximate surface area is 206 Å². The predicted molar refractivity (Wildman–Crippen MR) is 128 cm³/mol. The molecule has 2 heterocycles. The second-order valence-electron chi connectivity index (χ2n) is 8.04. The van der Waals surface area contributed by atoms with Gasteiger partial charge in [-0.15, -0.1) is 0 Å². The number of hydrogen-bond acceptors (Lipinski definition) is 6. The Morgan fingerprint density at radius 3 is 2.74 bits per heavy atom. The molecule has 0 aromatic heterocycles. The Balaban J connectivity index is 1.86. The first-order valence-corrected chi connectivity index (χ1v) is 12.9. The lowest BCUT2D eigenvalue weighted by Crippen LogP contribution is -2.53. The lowest BCUT2D eigenvalue weighted by atomic mass is 9.89. The highest BCUT2D eigenvalue weighted by Gasteiger charge is 2.56. The van der Waals surface area contributed by atoms with Crippen LogP contribution in [0.25, 0.3) is 0 Å². The third-order valence-electron chi connectivity index (χ3n) is 5.84. The molecule has 0 fully saturated rings. The van der Waals surface area contributed by atoms with Gasteiger partial charge in [0.05, 0.1) is 13.2 Å². The Morgan fingerprint density at radius 2 is 2.00 bits per heavy atom. The molecule has 3 atom stereocenters. The molecule has 0 saturated heterocycles. The zero-order valence-corrected chi connectivity index (χ0v) is 20.6. The fourth-order valence-corrected chi connectivity index (χ4v) is 7.73. The molecule has 188 valence electrons. The third-order valence-corrected chi connectivity index (χ3v) is 8.94. The summed E-state index contributed by atoms with van der Waals surface area (Å²) >= 11 is 0.982. The lowest BCUT2D eigenvalue weighted by molar-refractivity contribution is -0.141. The van der Waals surface area contributed by atoms with E-state index in [9.17, 15) is 22.4 Å². The van der Waals surface area contributed by atoms with E-state index in [0.29, 0.717) is 12.6 Å². The van der Waals surface area contributed by atoms with Crippen LogP contribution >= 0.6 is 20.3 Å². The SMILES string of the molecule is COCCOCC(=O)N1N=C(c2cc(F)ccc2F)SC12c1cc(F)cc(F)c1PC[C@@H]2CCN. The maximum atomic E-state index is 14.9. The highest BCUT2D eigenvalue weighted by Crippen LogP contribution is 2.57. The van der Waals surface area contributed by atoms with Gasteiger partial charge in [0.15, 0.2) is 0 Å². The van der Waals surface area contributed by atoms with Gasteiger partial charge in [0.2, 0.25) is 0 Å². The van der Waals surface area contributed by atoms with Gasteiger partial charge in [0, 0.05) is 35.5 Å². The topological polar surface area (TPSA) is 77.2 Å². The fourth-order valence-electron chi connectivity index (χ4n) is 4.29. The Bertz CT molecular complexity index is 1160.